The van der Waals surface area contributed by atoms with E-state index in [1.807, 2.05) is 0 Å². The standard InChI is InChI=1S/C10H14O5/c1-4-9(12)15-8(3)7(2)10(13)14-6-5-11/h4,11H,1,5-6H2,2-3H3. The number of aliphatic hydroxyl groups excluding tert-OH is 1. The van der Waals surface area contributed by atoms with Gasteiger partial charge in [0.2, 0.25) is 0 Å². The van der Waals surface area contributed by atoms with E-state index in [9.17, 15) is 9.59 Å². The van der Waals surface area contributed by atoms with Gasteiger partial charge in [0.15, 0.2) is 0 Å². The second kappa shape index (κ2) is 6.78. The zero-order chi connectivity index (χ0) is 11.8. The third-order valence-corrected chi connectivity index (χ3v) is 1.58. The van der Waals surface area contributed by atoms with E-state index in [1.165, 1.54) is 13.8 Å². The minimum Gasteiger partial charge on any atom is -0.460 e. The van der Waals surface area contributed by atoms with Crippen LogP contribution in [0.4, 0.5) is 0 Å². The second-order valence-electron chi connectivity index (χ2n) is 2.67. The Balaban J connectivity index is 4.41. The van der Waals surface area contributed by atoms with E-state index in [4.69, 9.17) is 9.84 Å². The minimum absolute atomic E-state index is 0.0845. The largest absolute Gasteiger partial charge is 0.460 e. The Morgan fingerprint density at radius 3 is 2.47 bits per heavy atom. The summed E-state index contributed by atoms with van der Waals surface area (Å²) >= 11 is 0. The fourth-order valence-corrected chi connectivity index (χ4v) is 0.659. The Labute approximate surface area is 88.0 Å². The Morgan fingerprint density at radius 1 is 1.40 bits per heavy atom. The van der Waals surface area contributed by atoms with E-state index < -0.39 is 11.9 Å². The molecular weight excluding hydrogens is 200 g/mol. The highest BCUT2D eigenvalue weighted by atomic mass is 16.6. The number of allylic oxidation sites excluding steroid dienone is 1. The third kappa shape index (κ3) is 4.97. The molecule has 0 atom stereocenters. The topological polar surface area (TPSA) is 72.8 Å². The van der Waals surface area contributed by atoms with Gasteiger partial charge in [-0.05, 0) is 13.8 Å². The molecule has 0 amide bonds. The maximum atomic E-state index is 11.2. The summed E-state index contributed by atoms with van der Waals surface area (Å²) < 4.78 is 9.35. The van der Waals surface area contributed by atoms with E-state index in [0.717, 1.165) is 6.08 Å². The molecule has 0 aliphatic carbocycles. The molecule has 0 radical (unpaired) electrons. The van der Waals surface area contributed by atoms with Gasteiger partial charge >= 0.3 is 11.9 Å². The highest BCUT2D eigenvalue weighted by Gasteiger charge is 2.11. The Kier molecular flexibility index (Phi) is 6.05. The number of rotatable bonds is 5. The summed E-state index contributed by atoms with van der Waals surface area (Å²) in [4.78, 5) is 22.0. The van der Waals surface area contributed by atoms with Crippen LogP contribution in [0.2, 0.25) is 0 Å². The van der Waals surface area contributed by atoms with E-state index in [-0.39, 0.29) is 24.5 Å². The summed E-state index contributed by atoms with van der Waals surface area (Å²) in [7, 11) is 0. The number of carbonyl (C=O) groups excluding carboxylic acids is 2. The van der Waals surface area contributed by atoms with Crippen molar-refractivity contribution in [3.05, 3.63) is 24.0 Å². The van der Waals surface area contributed by atoms with Gasteiger partial charge in [-0.1, -0.05) is 6.58 Å². The molecule has 0 spiro atoms. The number of carbonyl (C=O) groups is 2. The van der Waals surface area contributed by atoms with Crippen molar-refractivity contribution in [2.45, 2.75) is 13.8 Å². The van der Waals surface area contributed by atoms with Gasteiger partial charge in [-0.2, -0.15) is 0 Å². The highest BCUT2D eigenvalue weighted by Crippen LogP contribution is 2.07. The average molecular weight is 214 g/mol. The molecule has 5 nitrogen and oxygen atoms in total. The minimum atomic E-state index is -0.637. The molecular formula is C10H14O5. The van der Waals surface area contributed by atoms with Crippen molar-refractivity contribution in [2.24, 2.45) is 0 Å². The van der Waals surface area contributed by atoms with Crippen molar-refractivity contribution < 1.29 is 24.2 Å². The lowest BCUT2D eigenvalue weighted by Crippen LogP contribution is -2.12. The lowest BCUT2D eigenvalue weighted by Gasteiger charge is -2.06. The Bertz CT molecular complexity index is 290. The van der Waals surface area contributed by atoms with Crippen molar-refractivity contribution in [3.63, 3.8) is 0 Å². The van der Waals surface area contributed by atoms with Crippen molar-refractivity contribution in [1.82, 2.24) is 0 Å². The van der Waals surface area contributed by atoms with Gasteiger partial charge in [-0.15, -0.1) is 0 Å². The summed E-state index contributed by atoms with van der Waals surface area (Å²) in [5.74, 6) is -1.11. The van der Waals surface area contributed by atoms with Gasteiger partial charge in [0.05, 0.1) is 12.2 Å². The summed E-state index contributed by atoms with van der Waals surface area (Å²) in [5.41, 5.74) is 0.179. The lowest BCUT2D eigenvalue weighted by atomic mass is 10.3. The number of hydrogen-bond donors (Lipinski definition) is 1. The van der Waals surface area contributed by atoms with Gasteiger partial charge in [0, 0.05) is 6.08 Å². The van der Waals surface area contributed by atoms with Crippen molar-refractivity contribution in [1.29, 1.82) is 0 Å². The average Bonchev–Trinajstić information content (AvgIpc) is 2.24. The second-order valence-corrected chi connectivity index (χ2v) is 2.67. The van der Waals surface area contributed by atoms with Gasteiger partial charge in [-0.3, -0.25) is 0 Å². The summed E-state index contributed by atoms with van der Waals surface area (Å²) in [5, 5.41) is 8.43. The monoisotopic (exact) mass is 214 g/mol. The van der Waals surface area contributed by atoms with Crippen molar-refractivity contribution in [2.75, 3.05) is 13.2 Å². The van der Waals surface area contributed by atoms with Gasteiger partial charge < -0.3 is 14.6 Å². The van der Waals surface area contributed by atoms with Crippen LogP contribution in [-0.2, 0) is 19.1 Å². The lowest BCUT2D eigenvalue weighted by molar-refractivity contribution is -0.140. The Morgan fingerprint density at radius 2 is 2.00 bits per heavy atom. The molecule has 0 saturated heterocycles. The van der Waals surface area contributed by atoms with Crippen LogP contribution in [-0.4, -0.2) is 30.3 Å². The molecule has 0 aliphatic rings. The van der Waals surface area contributed by atoms with E-state index in [1.54, 1.807) is 0 Å². The van der Waals surface area contributed by atoms with Crippen LogP contribution < -0.4 is 0 Å². The van der Waals surface area contributed by atoms with Crippen LogP contribution in [0.3, 0.4) is 0 Å². The summed E-state index contributed by atoms with van der Waals surface area (Å²) in [6, 6.07) is 0. The first-order valence-corrected chi connectivity index (χ1v) is 4.32. The third-order valence-electron chi connectivity index (χ3n) is 1.58. The molecule has 84 valence electrons. The SMILES string of the molecule is C=CC(=O)OC(C)=C(C)C(=O)OCCO. The molecule has 1 N–H and O–H groups in total. The fraction of sp³-hybridized carbons (Fsp3) is 0.400. The maximum Gasteiger partial charge on any atom is 0.337 e. The molecule has 0 rings (SSSR count). The number of hydrogen-bond acceptors (Lipinski definition) is 5. The first kappa shape index (κ1) is 13.4. The molecule has 0 aromatic carbocycles. The summed E-state index contributed by atoms with van der Waals surface area (Å²) in [6.07, 6.45) is 0.996. The molecule has 0 heterocycles. The van der Waals surface area contributed by atoms with Crippen LogP contribution >= 0.6 is 0 Å². The highest BCUT2D eigenvalue weighted by molar-refractivity contribution is 5.89. The van der Waals surface area contributed by atoms with Crippen LogP contribution in [0.15, 0.2) is 24.0 Å². The molecule has 15 heavy (non-hydrogen) atoms. The van der Waals surface area contributed by atoms with Gasteiger partial charge in [0.25, 0.3) is 0 Å². The molecule has 0 fully saturated rings. The summed E-state index contributed by atoms with van der Waals surface area (Å²) in [6.45, 7) is 5.82. The molecule has 0 aromatic rings. The maximum absolute atomic E-state index is 11.2. The normalized spacial score (nSPS) is 11.4. The molecule has 0 aliphatic heterocycles. The first-order valence-electron chi connectivity index (χ1n) is 4.32. The van der Waals surface area contributed by atoms with E-state index >= 15 is 0 Å². The number of aliphatic hydroxyl groups is 1. The van der Waals surface area contributed by atoms with E-state index in [2.05, 4.69) is 11.3 Å². The van der Waals surface area contributed by atoms with E-state index in [0.29, 0.717) is 0 Å². The van der Waals surface area contributed by atoms with Crippen LogP contribution in [0.5, 0.6) is 0 Å². The smallest absolute Gasteiger partial charge is 0.337 e. The molecule has 0 saturated carbocycles. The van der Waals surface area contributed by atoms with Crippen LogP contribution in [0, 0.1) is 0 Å². The fourth-order valence-electron chi connectivity index (χ4n) is 0.659. The number of esters is 2. The van der Waals surface area contributed by atoms with Gasteiger partial charge in [-0.25, -0.2) is 9.59 Å². The molecule has 0 bridgehead atoms. The van der Waals surface area contributed by atoms with Crippen molar-refractivity contribution in [3.8, 4) is 0 Å². The van der Waals surface area contributed by atoms with Crippen molar-refractivity contribution >= 4 is 11.9 Å². The molecule has 5 heteroatoms. The molecule has 0 aromatic heterocycles. The van der Waals surface area contributed by atoms with Gasteiger partial charge in [0.1, 0.15) is 12.4 Å². The predicted octanol–water partition coefficient (Wildman–Crippen LogP) is 0.545. The molecule has 0 unspecified atom stereocenters. The zero-order valence-corrected chi connectivity index (χ0v) is 8.78. The number of ether oxygens (including phenoxy) is 2. The predicted molar refractivity (Wildman–Crippen MR) is 52.7 cm³/mol. The first-order chi connectivity index (χ1) is 7.02. The van der Waals surface area contributed by atoms with Crippen LogP contribution in [0.25, 0.3) is 0 Å². The van der Waals surface area contributed by atoms with Crippen LogP contribution in [0.1, 0.15) is 13.8 Å². The Hall–Kier alpha value is -1.62. The zero-order valence-electron chi connectivity index (χ0n) is 8.78. The quantitative estimate of drug-likeness (QED) is 0.411.